The first kappa shape index (κ1) is 38.5. The smallest absolute Gasteiger partial charge is 0.160 e. The number of nitrogens with zero attached hydrogens (tertiary/aromatic N) is 4. The van der Waals surface area contributed by atoms with Crippen molar-refractivity contribution in [2.24, 2.45) is 0 Å². The number of rotatable bonds is 7. The molecule has 0 bridgehead atoms. The number of benzene rings is 10. The Morgan fingerprint density at radius 2 is 0.821 bits per heavy atom. The summed E-state index contributed by atoms with van der Waals surface area (Å²) in [7, 11) is 0. The molecule has 0 atom stereocenters. The zero-order chi connectivity index (χ0) is 44.3. The Hall–Kier alpha value is -8.99. The number of aromatic nitrogens is 4. The Morgan fingerprint density at radius 1 is 0.299 bits per heavy atom. The van der Waals surface area contributed by atoms with Gasteiger partial charge in [0.2, 0.25) is 0 Å². The molecule has 0 aliphatic heterocycles. The molecule has 0 aliphatic rings. The zero-order valence-corrected chi connectivity index (χ0v) is 36.4. The first-order valence-electron chi connectivity index (χ1n) is 22.8. The minimum absolute atomic E-state index is 0.673. The first-order valence-corrected chi connectivity index (χ1v) is 22.8. The molecule has 4 heteroatoms. The second-order valence-electron chi connectivity index (χ2n) is 17.2. The lowest BCUT2D eigenvalue weighted by atomic mass is 9.86. The lowest BCUT2D eigenvalue weighted by Crippen LogP contribution is -1.96. The van der Waals surface area contributed by atoms with Crippen LogP contribution in [0.15, 0.2) is 243 Å². The van der Waals surface area contributed by atoms with Crippen molar-refractivity contribution >= 4 is 54.3 Å². The summed E-state index contributed by atoms with van der Waals surface area (Å²) >= 11 is 0. The summed E-state index contributed by atoms with van der Waals surface area (Å²) in [4.78, 5) is 15.5. The van der Waals surface area contributed by atoms with Crippen molar-refractivity contribution in [1.29, 1.82) is 0 Å². The van der Waals surface area contributed by atoms with Crippen molar-refractivity contribution in [3.63, 3.8) is 0 Å². The molecule has 3 heterocycles. The molecule has 0 N–H and O–H groups in total. The van der Waals surface area contributed by atoms with Gasteiger partial charge in [0.1, 0.15) is 0 Å². The minimum Gasteiger partial charge on any atom is -0.308 e. The molecule has 0 saturated heterocycles. The second kappa shape index (κ2) is 15.9. The summed E-state index contributed by atoms with van der Waals surface area (Å²) in [6, 6.07) is 84.4. The molecular formula is C63H40N4. The minimum atomic E-state index is 0.673. The van der Waals surface area contributed by atoms with Gasteiger partial charge in [0, 0.05) is 34.0 Å². The lowest BCUT2D eigenvalue weighted by molar-refractivity contribution is 1.18. The molecule has 0 fully saturated rings. The van der Waals surface area contributed by atoms with Crippen LogP contribution in [0.4, 0.5) is 0 Å². The van der Waals surface area contributed by atoms with E-state index in [0.29, 0.717) is 5.82 Å². The third kappa shape index (κ3) is 6.65. The van der Waals surface area contributed by atoms with Gasteiger partial charge in [0.05, 0.1) is 27.9 Å². The van der Waals surface area contributed by atoms with Gasteiger partial charge in [-0.25, -0.2) is 9.97 Å². The van der Waals surface area contributed by atoms with Crippen molar-refractivity contribution in [3.8, 4) is 73.0 Å². The highest BCUT2D eigenvalue weighted by Gasteiger charge is 2.19. The Morgan fingerprint density at radius 3 is 1.51 bits per heavy atom. The van der Waals surface area contributed by atoms with E-state index in [2.05, 4.69) is 229 Å². The van der Waals surface area contributed by atoms with Crippen LogP contribution >= 0.6 is 0 Å². The Balaban J connectivity index is 0.907. The van der Waals surface area contributed by atoms with Gasteiger partial charge in [0.25, 0.3) is 0 Å². The van der Waals surface area contributed by atoms with Crippen LogP contribution in [0.2, 0.25) is 0 Å². The van der Waals surface area contributed by atoms with Crippen LogP contribution in [0.1, 0.15) is 0 Å². The maximum atomic E-state index is 5.31. The van der Waals surface area contributed by atoms with Crippen molar-refractivity contribution < 1.29 is 0 Å². The van der Waals surface area contributed by atoms with Gasteiger partial charge in [-0.3, -0.25) is 4.98 Å². The summed E-state index contributed by atoms with van der Waals surface area (Å²) in [5.74, 6) is 0.673. The average molecular weight is 853 g/mol. The van der Waals surface area contributed by atoms with Gasteiger partial charge < -0.3 is 4.57 Å². The van der Waals surface area contributed by atoms with E-state index >= 15 is 0 Å². The molecule has 0 saturated carbocycles. The van der Waals surface area contributed by atoms with Gasteiger partial charge in [-0.15, -0.1) is 0 Å². The van der Waals surface area contributed by atoms with Crippen LogP contribution in [-0.4, -0.2) is 19.5 Å². The fourth-order valence-corrected chi connectivity index (χ4v) is 10.1. The topological polar surface area (TPSA) is 43.6 Å². The van der Waals surface area contributed by atoms with Crippen molar-refractivity contribution in [1.82, 2.24) is 19.5 Å². The number of fused-ring (bicyclic) bond motifs is 6. The van der Waals surface area contributed by atoms with E-state index in [-0.39, 0.29) is 0 Å². The quantitative estimate of drug-likeness (QED) is 0.150. The fourth-order valence-electron chi connectivity index (χ4n) is 10.1. The maximum absolute atomic E-state index is 5.31. The summed E-state index contributed by atoms with van der Waals surface area (Å²) in [6.07, 6.45) is 1.88. The Kier molecular flexibility index (Phi) is 9.14. The van der Waals surface area contributed by atoms with Gasteiger partial charge in [-0.1, -0.05) is 188 Å². The average Bonchev–Trinajstić information content (AvgIpc) is 3.74. The standard InChI is InChI=1S/C63H40N4/c1-3-16-42(17-4-1)56-40-57(43-28-30-45(31-29-43)61-53-25-11-9-23-51(53)60(44-18-5-2-6-19-44)52-24-10-12-26-54(52)61)66-63(65-56)49-22-13-21-46(37-49)48-33-35-58-55(39-48)62-59(27-14-36-64-62)67(58)50-34-32-41-15-7-8-20-47(41)38-50/h1-40H. The highest BCUT2D eigenvalue weighted by atomic mass is 15.0. The van der Waals surface area contributed by atoms with Crippen LogP contribution in [0.3, 0.4) is 0 Å². The molecule has 13 rings (SSSR count). The molecule has 0 radical (unpaired) electrons. The zero-order valence-electron chi connectivity index (χ0n) is 36.4. The summed E-state index contributed by atoms with van der Waals surface area (Å²) in [5.41, 5.74) is 16.1. The molecule has 3 aromatic heterocycles. The molecule has 67 heavy (non-hydrogen) atoms. The molecule has 4 nitrogen and oxygen atoms in total. The summed E-state index contributed by atoms with van der Waals surface area (Å²) in [5, 5.41) is 8.48. The van der Waals surface area contributed by atoms with E-state index in [0.717, 1.165) is 72.4 Å². The predicted molar refractivity (Wildman–Crippen MR) is 279 cm³/mol. The van der Waals surface area contributed by atoms with Crippen LogP contribution in [0, 0.1) is 0 Å². The number of hydrogen-bond donors (Lipinski definition) is 0. The lowest BCUT2D eigenvalue weighted by Gasteiger charge is -2.18. The van der Waals surface area contributed by atoms with Gasteiger partial charge in [0.15, 0.2) is 5.82 Å². The summed E-state index contributed by atoms with van der Waals surface area (Å²) in [6.45, 7) is 0. The molecule has 0 spiro atoms. The van der Waals surface area contributed by atoms with Crippen LogP contribution in [-0.2, 0) is 0 Å². The van der Waals surface area contributed by atoms with E-state index in [1.807, 2.05) is 18.3 Å². The van der Waals surface area contributed by atoms with Gasteiger partial charge in [-0.05, 0) is 114 Å². The third-order valence-corrected chi connectivity index (χ3v) is 13.2. The van der Waals surface area contributed by atoms with Crippen molar-refractivity contribution in [2.75, 3.05) is 0 Å². The van der Waals surface area contributed by atoms with Gasteiger partial charge >= 0.3 is 0 Å². The molecule has 0 amide bonds. The Bertz CT molecular complexity index is 3970. The second-order valence-corrected chi connectivity index (χ2v) is 17.2. The van der Waals surface area contributed by atoms with E-state index in [9.17, 15) is 0 Å². The molecule has 10 aromatic carbocycles. The van der Waals surface area contributed by atoms with Crippen molar-refractivity contribution in [3.05, 3.63) is 243 Å². The fraction of sp³-hybridized carbons (Fsp3) is 0. The van der Waals surface area contributed by atoms with Gasteiger partial charge in [-0.2, -0.15) is 0 Å². The normalized spacial score (nSPS) is 11.6. The van der Waals surface area contributed by atoms with Crippen LogP contribution < -0.4 is 0 Å². The first-order chi connectivity index (χ1) is 33.2. The Labute approximate surface area is 387 Å². The SMILES string of the molecule is c1ccc(-c2cc(-c3ccc(-c4c5ccccc5c(-c5ccccc5)c5ccccc45)cc3)nc(-c3cccc(-c4ccc5c(c4)c4ncccc4n5-c4ccc5ccccc5c4)c3)n2)cc1. The number of pyridine rings is 1. The predicted octanol–water partition coefficient (Wildman–Crippen LogP) is 16.4. The highest BCUT2D eigenvalue weighted by molar-refractivity contribution is 6.21. The van der Waals surface area contributed by atoms with E-state index in [1.54, 1.807) is 0 Å². The maximum Gasteiger partial charge on any atom is 0.160 e. The van der Waals surface area contributed by atoms with Crippen LogP contribution in [0.25, 0.3) is 127 Å². The van der Waals surface area contributed by atoms with E-state index in [4.69, 9.17) is 15.0 Å². The molecular weight excluding hydrogens is 813 g/mol. The largest absolute Gasteiger partial charge is 0.308 e. The molecule has 13 aromatic rings. The molecule has 312 valence electrons. The molecule has 0 unspecified atom stereocenters. The van der Waals surface area contributed by atoms with E-state index < -0.39 is 0 Å². The third-order valence-electron chi connectivity index (χ3n) is 13.2. The monoisotopic (exact) mass is 852 g/mol. The van der Waals surface area contributed by atoms with Crippen molar-refractivity contribution in [2.45, 2.75) is 0 Å². The van der Waals surface area contributed by atoms with Crippen LogP contribution in [0.5, 0.6) is 0 Å². The number of hydrogen-bond acceptors (Lipinski definition) is 3. The molecule has 0 aliphatic carbocycles. The highest BCUT2D eigenvalue weighted by Crippen LogP contribution is 2.44. The van der Waals surface area contributed by atoms with E-state index in [1.165, 1.54) is 49.0 Å². The summed E-state index contributed by atoms with van der Waals surface area (Å²) < 4.78 is 2.33.